The molecular weight excluding hydrogens is 193 g/mol. The topological polar surface area (TPSA) is 23.5 Å². The van der Waals surface area contributed by atoms with Gasteiger partial charge in [-0.05, 0) is 25.1 Å². The number of piperidine rings is 1. The van der Waals surface area contributed by atoms with Crippen LogP contribution in [0.25, 0.3) is 0 Å². The van der Waals surface area contributed by atoms with E-state index in [1.807, 2.05) is 13.1 Å². The standard InChI is InChI=1S/C12H16FNO/c1-14-7-6-12(15)10(8-14)9-4-2-3-5-11(9)13/h2-5,10,12,15H,6-8H2,1H3. The number of hydrogen-bond acceptors (Lipinski definition) is 2. The maximum absolute atomic E-state index is 13.5. The van der Waals surface area contributed by atoms with E-state index < -0.39 is 6.10 Å². The summed E-state index contributed by atoms with van der Waals surface area (Å²) in [6.45, 7) is 1.61. The molecule has 1 saturated heterocycles. The quantitative estimate of drug-likeness (QED) is 0.759. The van der Waals surface area contributed by atoms with E-state index in [0.717, 1.165) is 19.5 Å². The lowest BCUT2D eigenvalue weighted by Gasteiger charge is -2.34. The van der Waals surface area contributed by atoms with Gasteiger partial charge in [-0.1, -0.05) is 18.2 Å². The average Bonchev–Trinajstić information content (AvgIpc) is 2.23. The Morgan fingerprint density at radius 1 is 1.40 bits per heavy atom. The monoisotopic (exact) mass is 209 g/mol. The summed E-state index contributed by atoms with van der Waals surface area (Å²) in [4.78, 5) is 2.13. The number of likely N-dealkylation sites (tertiary alicyclic amines) is 1. The van der Waals surface area contributed by atoms with Crippen LogP contribution >= 0.6 is 0 Å². The van der Waals surface area contributed by atoms with Crippen molar-refractivity contribution in [2.45, 2.75) is 18.4 Å². The second kappa shape index (κ2) is 4.29. The van der Waals surface area contributed by atoms with Crippen LogP contribution in [-0.4, -0.2) is 36.2 Å². The molecule has 1 aliphatic heterocycles. The maximum atomic E-state index is 13.5. The second-order valence-electron chi connectivity index (χ2n) is 4.25. The Morgan fingerprint density at radius 3 is 2.87 bits per heavy atom. The van der Waals surface area contributed by atoms with Crippen molar-refractivity contribution in [3.05, 3.63) is 35.6 Å². The first-order valence-corrected chi connectivity index (χ1v) is 5.29. The number of hydrogen-bond donors (Lipinski definition) is 1. The first kappa shape index (κ1) is 10.6. The van der Waals surface area contributed by atoms with E-state index in [2.05, 4.69) is 4.90 Å². The van der Waals surface area contributed by atoms with Gasteiger partial charge in [-0.3, -0.25) is 0 Å². The van der Waals surface area contributed by atoms with Crippen LogP contribution in [0, 0.1) is 5.82 Å². The fraction of sp³-hybridized carbons (Fsp3) is 0.500. The molecule has 0 aliphatic carbocycles. The summed E-state index contributed by atoms with van der Waals surface area (Å²) in [5, 5.41) is 9.87. The van der Waals surface area contributed by atoms with Crippen LogP contribution in [0.5, 0.6) is 0 Å². The molecule has 2 unspecified atom stereocenters. The lowest BCUT2D eigenvalue weighted by molar-refractivity contribution is 0.0695. The summed E-state index contributed by atoms with van der Waals surface area (Å²) in [6, 6.07) is 6.72. The van der Waals surface area contributed by atoms with Gasteiger partial charge in [-0.2, -0.15) is 0 Å². The third-order valence-corrected chi connectivity index (χ3v) is 3.08. The van der Waals surface area contributed by atoms with E-state index in [9.17, 15) is 9.50 Å². The van der Waals surface area contributed by atoms with E-state index in [0.29, 0.717) is 5.56 Å². The molecule has 0 saturated carbocycles. The molecule has 2 nitrogen and oxygen atoms in total. The summed E-state index contributed by atoms with van der Waals surface area (Å²) >= 11 is 0. The lowest BCUT2D eigenvalue weighted by atomic mass is 9.88. The van der Waals surface area contributed by atoms with E-state index >= 15 is 0 Å². The number of aliphatic hydroxyl groups is 1. The average molecular weight is 209 g/mol. The Morgan fingerprint density at radius 2 is 2.13 bits per heavy atom. The molecule has 0 radical (unpaired) electrons. The highest BCUT2D eigenvalue weighted by atomic mass is 19.1. The van der Waals surface area contributed by atoms with Gasteiger partial charge in [-0.15, -0.1) is 0 Å². The Kier molecular flexibility index (Phi) is 3.03. The molecule has 2 rings (SSSR count). The van der Waals surface area contributed by atoms with Gasteiger partial charge < -0.3 is 10.0 Å². The number of likely N-dealkylation sites (N-methyl/N-ethyl adjacent to an activating group) is 1. The van der Waals surface area contributed by atoms with Crippen LogP contribution in [0.4, 0.5) is 4.39 Å². The summed E-state index contributed by atoms with van der Waals surface area (Å²) in [5.41, 5.74) is 0.636. The molecule has 1 heterocycles. The molecule has 3 heteroatoms. The largest absolute Gasteiger partial charge is 0.392 e. The Hall–Kier alpha value is -0.930. The van der Waals surface area contributed by atoms with E-state index in [1.165, 1.54) is 6.07 Å². The lowest BCUT2D eigenvalue weighted by Crippen LogP contribution is -2.39. The van der Waals surface area contributed by atoms with Crippen molar-refractivity contribution in [1.29, 1.82) is 0 Å². The fourth-order valence-electron chi connectivity index (χ4n) is 2.18. The molecule has 1 N–H and O–H groups in total. The highest BCUT2D eigenvalue weighted by Gasteiger charge is 2.28. The minimum absolute atomic E-state index is 0.0926. The van der Waals surface area contributed by atoms with Crippen LogP contribution in [0.15, 0.2) is 24.3 Å². The summed E-state index contributed by atoms with van der Waals surface area (Å²) in [6.07, 6.45) is 0.299. The van der Waals surface area contributed by atoms with Gasteiger partial charge in [0.1, 0.15) is 5.82 Å². The minimum atomic E-state index is -0.418. The third kappa shape index (κ3) is 2.19. The molecule has 1 aromatic rings. The third-order valence-electron chi connectivity index (χ3n) is 3.08. The first-order chi connectivity index (χ1) is 7.18. The minimum Gasteiger partial charge on any atom is -0.392 e. The highest BCUT2D eigenvalue weighted by molar-refractivity contribution is 5.23. The van der Waals surface area contributed by atoms with Crippen LogP contribution in [0.3, 0.4) is 0 Å². The van der Waals surface area contributed by atoms with Crippen molar-refractivity contribution in [3.8, 4) is 0 Å². The SMILES string of the molecule is CN1CCC(O)C(c2ccccc2F)C1. The molecule has 15 heavy (non-hydrogen) atoms. The van der Waals surface area contributed by atoms with Gasteiger partial charge in [0.05, 0.1) is 6.10 Å². The van der Waals surface area contributed by atoms with Gasteiger partial charge in [0.2, 0.25) is 0 Å². The molecule has 0 amide bonds. The molecular formula is C12H16FNO. The molecule has 0 spiro atoms. The molecule has 1 aliphatic rings. The van der Waals surface area contributed by atoms with E-state index in [1.54, 1.807) is 12.1 Å². The van der Waals surface area contributed by atoms with E-state index in [-0.39, 0.29) is 11.7 Å². The van der Waals surface area contributed by atoms with Gasteiger partial charge in [0.15, 0.2) is 0 Å². The summed E-state index contributed by atoms with van der Waals surface area (Å²) in [5.74, 6) is -0.304. The predicted octanol–water partition coefficient (Wildman–Crippen LogP) is 1.61. The first-order valence-electron chi connectivity index (χ1n) is 5.29. The summed E-state index contributed by atoms with van der Waals surface area (Å²) in [7, 11) is 2.00. The summed E-state index contributed by atoms with van der Waals surface area (Å²) < 4.78 is 13.5. The number of rotatable bonds is 1. The second-order valence-corrected chi connectivity index (χ2v) is 4.25. The number of aliphatic hydroxyl groups excluding tert-OH is 1. The van der Waals surface area contributed by atoms with Crippen molar-refractivity contribution >= 4 is 0 Å². The van der Waals surface area contributed by atoms with Crippen LogP contribution in [0.2, 0.25) is 0 Å². The zero-order valence-corrected chi connectivity index (χ0v) is 8.86. The van der Waals surface area contributed by atoms with Crippen molar-refractivity contribution in [2.24, 2.45) is 0 Å². The highest BCUT2D eigenvalue weighted by Crippen LogP contribution is 2.28. The normalized spacial score (nSPS) is 27.9. The number of nitrogens with zero attached hydrogens (tertiary/aromatic N) is 1. The maximum Gasteiger partial charge on any atom is 0.126 e. The Bertz CT molecular complexity index is 342. The van der Waals surface area contributed by atoms with Crippen molar-refractivity contribution < 1.29 is 9.50 Å². The van der Waals surface area contributed by atoms with Gasteiger partial charge in [0.25, 0.3) is 0 Å². The number of benzene rings is 1. The molecule has 1 fully saturated rings. The van der Waals surface area contributed by atoms with Gasteiger partial charge >= 0.3 is 0 Å². The Labute approximate surface area is 89.3 Å². The Balaban J connectivity index is 2.25. The molecule has 82 valence electrons. The molecule has 0 aromatic heterocycles. The van der Waals surface area contributed by atoms with Crippen LogP contribution in [0.1, 0.15) is 17.9 Å². The van der Waals surface area contributed by atoms with Crippen LogP contribution < -0.4 is 0 Å². The molecule has 0 bridgehead atoms. The molecule has 1 aromatic carbocycles. The molecule has 2 atom stereocenters. The van der Waals surface area contributed by atoms with Crippen LogP contribution in [-0.2, 0) is 0 Å². The zero-order valence-electron chi connectivity index (χ0n) is 8.86. The number of halogens is 1. The smallest absolute Gasteiger partial charge is 0.126 e. The van der Waals surface area contributed by atoms with Gasteiger partial charge in [0, 0.05) is 19.0 Å². The van der Waals surface area contributed by atoms with E-state index in [4.69, 9.17) is 0 Å². The van der Waals surface area contributed by atoms with Crippen molar-refractivity contribution in [1.82, 2.24) is 4.90 Å². The van der Waals surface area contributed by atoms with Crippen molar-refractivity contribution in [3.63, 3.8) is 0 Å². The van der Waals surface area contributed by atoms with Crippen molar-refractivity contribution in [2.75, 3.05) is 20.1 Å². The predicted molar refractivity (Wildman–Crippen MR) is 57.3 cm³/mol. The zero-order chi connectivity index (χ0) is 10.8. The van der Waals surface area contributed by atoms with Gasteiger partial charge in [-0.25, -0.2) is 4.39 Å². The fourth-order valence-corrected chi connectivity index (χ4v) is 2.18.